The molecule has 0 amide bonds. The van der Waals surface area contributed by atoms with Gasteiger partial charge in [-0.1, -0.05) is 12.1 Å². The second kappa shape index (κ2) is 5.55. The van der Waals surface area contributed by atoms with Gasteiger partial charge in [0.2, 0.25) is 0 Å². The number of hydrogen-bond donors (Lipinski definition) is 0. The Balaban J connectivity index is 2.29. The van der Waals surface area contributed by atoms with E-state index in [9.17, 15) is 5.26 Å². The Kier molecular flexibility index (Phi) is 4.05. The van der Waals surface area contributed by atoms with Crippen LogP contribution >= 0.6 is 27.3 Å². The summed E-state index contributed by atoms with van der Waals surface area (Å²) >= 11 is 5.15. The van der Waals surface area contributed by atoms with Gasteiger partial charge in [0, 0.05) is 13.6 Å². The number of hydrogen-bond acceptors (Lipinski definition) is 3. The zero-order valence-electron chi connectivity index (χ0n) is 10.3. The number of nitrogens with zero attached hydrogens (tertiary/aromatic N) is 2. The molecule has 0 radical (unpaired) electrons. The molecule has 0 saturated carbocycles. The molecule has 1 heterocycles. The van der Waals surface area contributed by atoms with Gasteiger partial charge in [-0.15, -0.1) is 11.3 Å². The van der Waals surface area contributed by atoms with Crippen molar-refractivity contribution in [2.24, 2.45) is 0 Å². The third kappa shape index (κ3) is 2.74. The maximum Gasteiger partial charge on any atom is 0.101 e. The second-order valence-electron chi connectivity index (χ2n) is 4.20. The van der Waals surface area contributed by atoms with E-state index in [2.05, 4.69) is 38.3 Å². The van der Waals surface area contributed by atoms with Gasteiger partial charge in [0.15, 0.2) is 0 Å². The number of nitriles is 1. The Hall–Kier alpha value is -1.31. The lowest BCUT2D eigenvalue weighted by Gasteiger charge is -2.22. The van der Waals surface area contributed by atoms with Crippen LogP contribution < -0.4 is 4.90 Å². The van der Waals surface area contributed by atoms with Gasteiger partial charge in [0.05, 0.1) is 15.0 Å². The van der Waals surface area contributed by atoms with Crippen molar-refractivity contribution in [2.75, 3.05) is 11.9 Å². The lowest BCUT2D eigenvalue weighted by Crippen LogP contribution is -2.18. The number of anilines is 1. The predicted molar refractivity (Wildman–Crippen MR) is 80.0 cm³/mol. The zero-order valence-corrected chi connectivity index (χ0v) is 12.7. The highest BCUT2D eigenvalue weighted by Gasteiger charge is 2.11. The topological polar surface area (TPSA) is 27.0 Å². The van der Waals surface area contributed by atoms with Crippen LogP contribution in [0.15, 0.2) is 33.4 Å². The number of aryl methyl sites for hydroxylation is 1. The number of rotatable bonds is 3. The summed E-state index contributed by atoms with van der Waals surface area (Å²) in [6.45, 7) is 2.85. The van der Waals surface area contributed by atoms with Gasteiger partial charge in [0.1, 0.15) is 6.07 Å². The fourth-order valence-electron chi connectivity index (χ4n) is 2.04. The van der Waals surface area contributed by atoms with Crippen LogP contribution in [0, 0.1) is 18.3 Å². The van der Waals surface area contributed by atoms with Crippen molar-refractivity contribution in [2.45, 2.75) is 13.5 Å². The average molecular weight is 321 g/mol. The van der Waals surface area contributed by atoms with Crippen molar-refractivity contribution >= 4 is 33.0 Å². The molecule has 2 rings (SSSR count). The van der Waals surface area contributed by atoms with Crippen molar-refractivity contribution in [3.05, 3.63) is 50.1 Å². The molecule has 0 aliphatic carbocycles. The molecule has 0 spiro atoms. The van der Waals surface area contributed by atoms with Gasteiger partial charge in [0.25, 0.3) is 0 Å². The van der Waals surface area contributed by atoms with Crippen LogP contribution in [0.25, 0.3) is 0 Å². The van der Waals surface area contributed by atoms with Gasteiger partial charge >= 0.3 is 0 Å². The Morgan fingerprint density at radius 2 is 2.22 bits per heavy atom. The van der Waals surface area contributed by atoms with Gasteiger partial charge in [-0.3, -0.25) is 0 Å². The molecule has 0 saturated heterocycles. The summed E-state index contributed by atoms with van der Waals surface area (Å²) in [5.41, 5.74) is 4.13. The minimum absolute atomic E-state index is 0.729. The fourth-order valence-corrected chi connectivity index (χ4v) is 3.24. The van der Waals surface area contributed by atoms with E-state index in [4.69, 9.17) is 0 Å². The first-order valence-electron chi connectivity index (χ1n) is 5.55. The minimum Gasteiger partial charge on any atom is -0.369 e. The molecule has 2 nitrogen and oxygen atoms in total. The van der Waals surface area contributed by atoms with Crippen molar-refractivity contribution in [1.29, 1.82) is 5.26 Å². The Morgan fingerprint density at radius 1 is 1.44 bits per heavy atom. The lowest BCUT2D eigenvalue weighted by molar-refractivity contribution is 0.919. The highest BCUT2D eigenvalue weighted by atomic mass is 79.9. The first kappa shape index (κ1) is 13.1. The molecule has 0 atom stereocenters. The summed E-state index contributed by atoms with van der Waals surface area (Å²) in [5.74, 6) is 0. The molecule has 0 aliphatic rings. The smallest absolute Gasteiger partial charge is 0.101 e. The summed E-state index contributed by atoms with van der Waals surface area (Å²) in [7, 11) is 2.02. The van der Waals surface area contributed by atoms with E-state index in [0.717, 1.165) is 27.1 Å². The van der Waals surface area contributed by atoms with E-state index in [1.165, 1.54) is 5.56 Å². The van der Waals surface area contributed by atoms with Crippen LogP contribution in [0.3, 0.4) is 0 Å². The highest BCUT2D eigenvalue weighted by Crippen LogP contribution is 2.27. The van der Waals surface area contributed by atoms with Gasteiger partial charge in [-0.05, 0) is 51.5 Å². The Morgan fingerprint density at radius 3 is 2.83 bits per heavy atom. The summed E-state index contributed by atoms with van der Waals surface area (Å²) in [6.07, 6.45) is 0. The van der Waals surface area contributed by atoms with Crippen LogP contribution in [-0.4, -0.2) is 7.05 Å². The van der Waals surface area contributed by atoms with E-state index in [1.807, 2.05) is 32.2 Å². The van der Waals surface area contributed by atoms with E-state index in [-0.39, 0.29) is 0 Å². The Bertz CT molecular complexity index is 598. The zero-order chi connectivity index (χ0) is 13.1. The lowest BCUT2D eigenvalue weighted by atomic mass is 10.1. The standard InChI is InChI=1S/C14H13BrN2S/c1-10-4-3-5-12(7-16)14(10)17(2)8-11-6-13(15)18-9-11/h3-6,9H,8H2,1-2H3. The molecule has 0 bridgehead atoms. The molecule has 18 heavy (non-hydrogen) atoms. The summed E-state index contributed by atoms with van der Waals surface area (Å²) in [5, 5.41) is 11.3. The maximum atomic E-state index is 9.18. The molecular weight excluding hydrogens is 308 g/mol. The van der Waals surface area contributed by atoms with Crippen molar-refractivity contribution < 1.29 is 0 Å². The molecule has 1 aromatic heterocycles. The summed E-state index contributed by atoms with van der Waals surface area (Å²) in [6, 6.07) is 10.2. The SMILES string of the molecule is Cc1cccc(C#N)c1N(C)Cc1csc(Br)c1. The molecular formula is C14H13BrN2S. The molecule has 0 aliphatic heterocycles. The van der Waals surface area contributed by atoms with Gasteiger partial charge < -0.3 is 4.90 Å². The third-order valence-corrected chi connectivity index (χ3v) is 4.33. The normalized spacial score (nSPS) is 10.1. The molecule has 0 N–H and O–H groups in total. The second-order valence-corrected chi connectivity index (χ2v) is 6.49. The van der Waals surface area contributed by atoms with Gasteiger partial charge in [-0.25, -0.2) is 0 Å². The first-order valence-corrected chi connectivity index (χ1v) is 7.23. The number of thiophene rings is 1. The van der Waals surface area contributed by atoms with Crippen LogP contribution in [-0.2, 0) is 6.54 Å². The van der Waals surface area contributed by atoms with Crippen LogP contribution in [0.4, 0.5) is 5.69 Å². The van der Waals surface area contributed by atoms with Crippen molar-refractivity contribution in [3.8, 4) is 6.07 Å². The van der Waals surface area contributed by atoms with Crippen molar-refractivity contribution in [3.63, 3.8) is 0 Å². The molecule has 0 unspecified atom stereocenters. The van der Waals surface area contributed by atoms with Crippen LogP contribution in [0.2, 0.25) is 0 Å². The van der Waals surface area contributed by atoms with E-state index in [1.54, 1.807) is 11.3 Å². The quantitative estimate of drug-likeness (QED) is 0.841. The predicted octanol–water partition coefficient (Wildman–Crippen LogP) is 4.33. The van der Waals surface area contributed by atoms with Crippen molar-refractivity contribution in [1.82, 2.24) is 0 Å². The first-order chi connectivity index (χ1) is 8.61. The third-order valence-electron chi connectivity index (χ3n) is 2.78. The largest absolute Gasteiger partial charge is 0.369 e. The molecule has 92 valence electrons. The summed E-state index contributed by atoms with van der Waals surface area (Å²) < 4.78 is 1.14. The molecule has 4 heteroatoms. The Labute approximate surface area is 120 Å². The van der Waals surface area contributed by atoms with E-state index in [0.29, 0.717) is 0 Å². The minimum atomic E-state index is 0.729. The van der Waals surface area contributed by atoms with Crippen LogP contribution in [0.1, 0.15) is 16.7 Å². The average Bonchev–Trinajstić information content (AvgIpc) is 2.74. The molecule has 2 aromatic rings. The molecule has 0 fully saturated rings. The summed E-state index contributed by atoms with van der Waals surface area (Å²) in [4.78, 5) is 2.13. The number of halogens is 1. The maximum absolute atomic E-state index is 9.18. The number of para-hydroxylation sites is 1. The number of benzene rings is 1. The van der Waals surface area contributed by atoms with E-state index < -0.39 is 0 Å². The van der Waals surface area contributed by atoms with E-state index >= 15 is 0 Å². The van der Waals surface area contributed by atoms with Gasteiger partial charge in [-0.2, -0.15) is 5.26 Å². The highest BCUT2D eigenvalue weighted by molar-refractivity contribution is 9.11. The fraction of sp³-hybridized carbons (Fsp3) is 0.214. The van der Waals surface area contributed by atoms with Crippen LogP contribution in [0.5, 0.6) is 0 Å². The monoisotopic (exact) mass is 320 g/mol. The molecule has 1 aromatic carbocycles.